The van der Waals surface area contributed by atoms with Crippen molar-refractivity contribution in [1.29, 1.82) is 0 Å². The Morgan fingerprint density at radius 2 is 2.00 bits per heavy atom. The average Bonchev–Trinajstić information content (AvgIpc) is 3.07. The Morgan fingerprint density at radius 3 is 2.57 bits per heavy atom. The highest BCUT2D eigenvalue weighted by Crippen LogP contribution is 2.10. The molecule has 0 aliphatic rings. The number of carbonyl (C=O) groups excluding carboxylic acids is 1. The Morgan fingerprint density at radius 1 is 1.30 bits per heavy atom. The zero-order valence-corrected chi connectivity index (χ0v) is 14.1. The van der Waals surface area contributed by atoms with Crippen LogP contribution >= 0.6 is 0 Å². The van der Waals surface area contributed by atoms with Gasteiger partial charge in [0.1, 0.15) is 0 Å². The van der Waals surface area contributed by atoms with E-state index in [4.69, 9.17) is 5.73 Å². The molecule has 2 rings (SSSR count). The maximum Gasteiger partial charge on any atom is 0.226 e. The van der Waals surface area contributed by atoms with Crippen molar-refractivity contribution in [3.63, 3.8) is 0 Å². The molecule has 23 heavy (non-hydrogen) atoms. The molecule has 0 saturated carbocycles. The van der Waals surface area contributed by atoms with Crippen molar-refractivity contribution >= 4 is 5.91 Å². The Kier molecular flexibility index (Phi) is 5.93. The average molecular weight is 314 g/mol. The predicted octanol–water partition coefficient (Wildman–Crippen LogP) is 2.25. The molecule has 2 aromatic rings. The van der Waals surface area contributed by atoms with Crippen LogP contribution in [0.5, 0.6) is 0 Å². The van der Waals surface area contributed by atoms with Crippen LogP contribution in [-0.4, -0.2) is 40.2 Å². The van der Waals surface area contributed by atoms with Gasteiger partial charge < -0.3 is 10.6 Å². The lowest BCUT2D eigenvalue weighted by Gasteiger charge is -2.21. The van der Waals surface area contributed by atoms with Crippen LogP contribution in [0.4, 0.5) is 0 Å². The first-order valence-electron chi connectivity index (χ1n) is 8.06. The number of aromatic nitrogens is 2. The first kappa shape index (κ1) is 17.2. The van der Waals surface area contributed by atoms with Gasteiger partial charge in [-0.15, -0.1) is 0 Å². The van der Waals surface area contributed by atoms with Gasteiger partial charge in [-0.1, -0.05) is 26.0 Å². The number of benzene rings is 1. The summed E-state index contributed by atoms with van der Waals surface area (Å²) >= 11 is 0. The quantitative estimate of drug-likeness (QED) is 0.852. The van der Waals surface area contributed by atoms with E-state index in [1.165, 1.54) is 0 Å². The van der Waals surface area contributed by atoms with E-state index in [9.17, 15) is 4.79 Å². The highest BCUT2D eigenvalue weighted by atomic mass is 16.2. The Labute approximate surface area is 138 Å². The number of hydrogen-bond acceptors (Lipinski definition) is 3. The molecule has 0 aliphatic carbocycles. The minimum Gasteiger partial charge on any atom is -0.345 e. The fourth-order valence-corrected chi connectivity index (χ4v) is 2.30. The molecular formula is C18H26N4O. The van der Waals surface area contributed by atoms with Crippen LogP contribution in [0.2, 0.25) is 0 Å². The lowest BCUT2D eigenvalue weighted by Crippen LogP contribution is -2.35. The highest BCUT2D eigenvalue weighted by Gasteiger charge is 2.13. The monoisotopic (exact) mass is 314 g/mol. The highest BCUT2D eigenvalue weighted by molar-refractivity contribution is 5.78. The van der Waals surface area contributed by atoms with Gasteiger partial charge in [0, 0.05) is 32.0 Å². The molecular weight excluding hydrogens is 288 g/mol. The van der Waals surface area contributed by atoms with Crippen molar-refractivity contribution in [2.24, 2.45) is 11.7 Å². The van der Waals surface area contributed by atoms with Gasteiger partial charge in [0.2, 0.25) is 5.91 Å². The summed E-state index contributed by atoms with van der Waals surface area (Å²) < 4.78 is 1.80. The summed E-state index contributed by atoms with van der Waals surface area (Å²) in [5.74, 6) is 0.557. The molecule has 2 N–H and O–H groups in total. The molecule has 1 heterocycles. The summed E-state index contributed by atoms with van der Waals surface area (Å²) in [4.78, 5) is 14.0. The van der Waals surface area contributed by atoms with E-state index in [0.717, 1.165) is 17.7 Å². The van der Waals surface area contributed by atoms with E-state index >= 15 is 0 Å². The lowest BCUT2D eigenvalue weighted by atomic mass is 10.0. The lowest BCUT2D eigenvalue weighted by molar-refractivity contribution is -0.129. The van der Waals surface area contributed by atoms with Gasteiger partial charge in [-0.3, -0.25) is 4.79 Å². The van der Waals surface area contributed by atoms with E-state index in [1.54, 1.807) is 15.8 Å². The summed E-state index contributed by atoms with van der Waals surface area (Å²) in [5.41, 5.74) is 8.03. The first-order chi connectivity index (χ1) is 11.0. The van der Waals surface area contributed by atoms with Crippen LogP contribution < -0.4 is 5.73 Å². The molecule has 0 bridgehead atoms. The molecule has 0 radical (unpaired) electrons. The van der Waals surface area contributed by atoms with Crippen molar-refractivity contribution < 1.29 is 4.79 Å². The van der Waals surface area contributed by atoms with Crippen molar-refractivity contribution in [2.75, 3.05) is 13.6 Å². The number of carbonyl (C=O) groups is 1. The molecule has 0 saturated heterocycles. The molecule has 1 atom stereocenters. The minimum absolute atomic E-state index is 0.118. The number of nitrogens with zero attached hydrogens (tertiary/aromatic N) is 3. The van der Waals surface area contributed by atoms with Crippen LogP contribution in [0.25, 0.3) is 5.69 Å². The summed E-state index contributed by atoms with van der Waals surface area (Å²) in [6, 6.07) is 9.92. The third-order valence-corrected chi connectivity index (χ3v) is 4.14. The Balaban J connectivity index is 1.87. The predicted molar refractivity (Wildman–Crippen MR) is 92.3 cm³/mol. The van der Waals surface area contributed by atoms with Crippen molar-refractivity contribution in [1.82, 2.24) is 14.7 Å². The summed E-state index contributed by atoms with van der Waals surface area (Å²) in [5, 5.41) is 4.19. The number of nitrogens with two attached hydrogens (primary N) is 1. The zero-order chi connectivity index (χ0) is 16.8. The molecule has 0 aliphatic heterocycles. The summed E-state index contributed by atoms with van der Waals surface area (Å²) in [6.07, 6.45) is 4.88. The van der Waals surface area contributed by atoms with E-state index in [1.807, 2.05) is 43.6 Å². The first-order valence-corrected chi connectivity index (χ1v) is 8.06. The van der Waals surface area contributed by atoms with E-state index in [0.29, 0.717) is 18.9 Å². The Bertz CT molecular complexity index is 604. The third-order valence-electron chi connectivity index (χ3n) is 4.14. The second kappa shape index (κ2) is 7.92. The van der Waals surface area contributed by atoms with Crippen molar-refractivity contribution in [2.45, 2.75) is 32.7 Å². The molecule has 124 valence electrons. The smallest absolute Gasteiger partial charge is 0.226 e. The van der Waals surface area contributed by atoms with Gasteiger partial charge in [-0.25, -0.2) is 4.68 Å². The minimum atomic E-state index is 0.118. The third kappa shape index (κ3) is 4.93. The van der Waals surface area contributed by atoms with E-state index in [2.05, 4.69) is 18.9 Å². The summed E-state index contributed by atoms with van der Waals surface area (Å²) in [6.45, 7) is 4.91. The second-order valence-electron chi connectivity index (χ2n) is 6.31. The fourth-order valence-electron chi connectivity index (χ4n) is 2.30. The second-order valence-corrected chi connectivity index (χ2v) is 6.31. The fraction of sp³-hybridized carbons (Fsp3) is 0.444. The molecule has 1 amide bonds. The number of hydrogen-bond donors (Lipinski definition) is 1. The molecule has 1 aromatic carbocycles. The van der Waals surface area contributed by atoms with Crippen LogP contribution in [0.15, 0.2) is 42.7 Å². The maximum absolute atomic E-state index is 12.3. The SMILES string of the molecule is CC(C)C(N)CCN(C)C(=O)Cc1ccc(-n2cccn2)cc1. The number of amides is 1. The number of likely N-dealkylation sites (N-methyl/N-ethyl adjacent to an activating group) is 1. The van der Waals surface area contributed by atoms with Crippen molar-refractivity contribution in [3.05, 3.63) is 48.3 Å². The maximum atomic E-state index is 12.3. The topological polar surface area (TPSA) is 64.2 Å². The van der Waals surface area contributed by atoms with Gasteiger partial charge >= 0.3 is 0 Å². The standard InChI is InChI=1S/C18H26N4O/c1-14(2)17(19)9-12-21(3)18(23)13-15-5-7-16(8-6-15)22-11-4-10-20-22/h4-8,10-11,14,17H,9,12-13,19H2,1-3H3. The van der Waals surface area contributed by atoms with E-state index < -0.39 is 0 Å². The molecule has 1 aromatic heterocycles. The van der Waals surface area contributed by atoms with Crippen molar-refractivity contribution in [3.8, 4) is 5.69 Å². The molecule has 5 nitrogen and oxygen atoms in total. The molecule has 5 heteroatoms. The van der Waals surface area contributed by atoms with Gasteiger partial charge in [0.15, 0.2) is 0 Å². The van der Waals surface area contributed by atoms with Gasteiger partial charge in [-0.05, 0) is 36.1 Å². The molecule has 0 spiro atoms. The molecule has 1 unspecified atom stereocenters. The molecule has 0 fully saturated rings. The van der Waals surface area contributed by atoms with Crippen LogP contribution in [-0.2, 0) is 11.2 Å². The van der Waals surface area contributed by atoms with Gasteiger partial charge in [0.25, 0.3) is 0 Å². The van der Waals surface area contributed by atoms with Crippen LogP contribution in [0.3, 0.4) is 0 Å². The van der Waals surface area contributed by atoms with Gasteiger partial charge in [-0.2, -0.15) is 5.10 Å². The largest absolute Gasteiger partial charge is 0.345 e. The Hall–Kier alpha value is -2.14. The van der Waals surface area contributed by atoms with Gasteiger partial charge in [0.05, 0.1) is 12.1 Å². The van der Waals surface area contributed by atoms with Crippen LogP contribution in [0, 0.1) is 5.92 Å². The number of rotatable bonds is 7. The summed E-state index contributed by atoms with van der Waals surface area (Å²) in [7, 11) is 1.84. The van der Waals surface area contributed by atoms with E-state index in [-0.39, 0.29) is 11.9 Å². The zero-order valence-electron chi connectivity index (χ0n) is 14.1. The van der Waals surface area contributed by atoms with Crippen LogP contribution in [0.1, 0.15) is 25.8 Å². The normalized spacial score (nSPS) is 12.4.